The van der Waals surface area contributed by atoms with E-state index in [4.69, 9.17) is 0 Å². The van der Waals surface area contributed by atoms with Crippen molar-refractivity contribution in [3.8, 4) is 0 Å². The van der Waals surface area contributed by atoms with Crippen LogP contribution in [0.2, 0.25) is 0 Å². The summed E-state index contributed by atoms with van der Waals surface area (Å²) < 4.78 is 0. The van der Waals surface area contributed by atoms with Crippen LogP contribution in [0, 0.1) is 0 Å². The van der Waals surface area contributed by atoms with E-state index < -0.39 is 0 Å². The third-order valence-corrected chi connectivity index (χ3v) is 2.02. The maximum atomic E-state index is 3.55. The van der Waals surface area contributed by atoms with Gasteiger partial charge in [0.15, 0.2) is 0 Å². The predicted molar refractivity (Wildman–Crippen MR) is 44.2 cm³/mol. The smallest absolute Gasteiger partial charge is 0.0319 e. The Balaban J connectivity index is 1.99. The Morgan fingerprint density at radius 3 is 2.70 bits per heavy atom. The van der Waals surface area contributed by atoms with Crippen LogP contribution in [0.4, 0.5) is 0 Å². The van der Waals surface area contributed by atoms with Crippen molar-refractivity contribution in [3.63, 3.8) is 0 Å². The van der Waals surface area contributed by atoms with Gasteiger partial charge in [0.1, 0.15) is 0 Å². The summed E-state index contributed by atoms with van der Waals surface area (Å²) in [6.45, 7) is 6.82. The molecule has 1 rings (SSSR count). The molecule has 0 radical (unpaired) electrons. The highest BCUT2D eigenvalue weighted by Crippen LogP contribution is 1.99. The normalized spacial score (nSPS) is 22.2. The number of nitrogens with one attached hydrogen (secondary N) is 2. The van der Waals surface area contributed by atoms with Gasteiger partial charge >= 0.3 is 0 Å². The lowest BCUT2D eigenvalue weighted by molar-refractivity contribution is 0.327. The van der Waals surface area contributed by atoms with Crippen molar-refractivity contribution in [2.45, 2.75) is 38.8 Å². The van der Waals surface area contributed by atoms with Crippen LogP contribution >= 0.6 is 0 Å². The van der Waals surface area contributed by atoms with Crippen molar-refractivity contribution >= 4 is 0 Å². The zero-order valence-electron chi connectivity index (χ0n) is 6.98. The van der Waals surface area contributed by atoms with E-state index in [0.29, 0.717) is 6.04 Å². The lowest BCUT2D eigenvalue weighted by Crippen LogP contribution is -2.57. The van der Waals surface area contributed by atoms with Gasteiger partial charge in [-0.05, 0) is 13.3 Å². The van der Waals surface area contributed by atoms with E-state index >= 15 is 0 Å². The highest BCUT2D eigenvalue weighted by Gasteiger charge is 2.17. The molecular formula is C8H18N2. The van der Waals surface area contributed by atoms with Crippen LogP contribution in [0.5, 0.6) is 0 Å². The number of rotatable bonds is 4. The second-order valence-electron chi connectivity index (χ2n) is 3.21. The minimum atomic E-state index is 0.706. The zero-order valence-corrected chi connectivity index (χ0v) is 6.98. The monoisotopic (exact) mass is 142 g/mol. The predicted octanol–water partition coefficient (Wildman–Crippen LogP) is 0.736. The molecule has 0 saturated carbocycles. The molecule has 1 saturated heterocycles. The molecule has 10 heavy (non-hydrogen) atoms. The molecule has 2 N–H and O–H groups in total. The lowest BCUT2D eigenvalue weighted by atomic mass is 10.1. The van der Waals surface area contributed by atoms with Gasteiger partial charge in [0.05, 0.1) is 0 Å². The molecule has 0 amide bonds. The van der Waals surface area contributed by atoms with Gasteiger partial charge < -0.3 is 10.6 Å². The Bertz CT molecular complexity index is 89.3. The first-order valence-electron chi connectivity index (χ1n) is 4.29. The molecular weight excluding hydrogens is 124 g/mol. The van der Waals surface area contributed by atoms with Gasteiger partial charge in [-0.1, -0.05) is 13.3 Å². The van der Waals surface area contributed by atoms with Crippen LogP contribution in [-0.2, 0) is 0 Å². The van der Waals surface area contributed by atoms with Crippen molar-refractivity contribution in [1.29, 1.82) is 0 Å². The summed E-state index contributed by atoms with van der Waals surface area (Å²) >= 11 is 0. The second kappa shape index (κ2) is 3.94. The van der Waals surface area contributed by atoms with Gasteiger partial charge in [-0.3, -0.25) is 0 Å². The van der Waals surface area contributed by atoms with Crippen molar-refractivity contribution in [2.24, 2.45) is 0 Å². The van der Waals surface area contributed by atoms with Crippen LogP contribution in [-0.4, -0.2) is 25.2 Å². The summed E-state index contributed by atoms with van der Waals surface area (Å²) in [4.78, 5) is 0. The first-order valence-corrected chi connectivity index (χ1v) is 4.29. The molecule has 60 valence electrons. The highest BCUT2D eigenvalue weighted by atomic mass is 15.1. The fraction of sp³-hybridized carbons (Fsp3) is 1.00. The Labute approximate surface area is 63.4 Å². The summed E-state index contributed by atoms with van der Waals surface area (Å²) in [6.07, 6.45) is 2.59. The third kappa shape index (κ3) is 2.27. The highest BCUT2D eigenvalue weighted by molar-refractivity contribution is 4.83. The summed E-state index contributed by atoms with van der Waals surface area (Å²) in [7, 11) is 0. The molecule has 1 aliphatic rings. The molecule has 1 aliphatic heterocycles. The van der Waals surface area contributed by atoms with Crippen LogP contribution in [0.1, 0.15) is 26.7 Å². The summed E-state index contributed by atoms with van der Waals surface area (Å²) in [5, 5.41) is 6.80. The Morgan fingerprint density at radius 1 is 1.60 bits per heavy atom. The largest absolute Gasteiger partial charge is 0.314 e. The van der Waals surface area contributed by atoms with Crippen molar-refractivity contribution in [3.05, 3.63) is 0 Å². The van der Waals surface area contributed by atoms with Gasteiger partial charge in [-0.25, -0.2) is 0 Å². The van der Waals surface area contributed by atoms with Crippen LogP contribution in [0.25, 0.3) is 0 Å². The second-order valence-corrected chi connectivity index (χ2v) is 3.21. The molecule has 0 aromatic rings. The van der Waals surface area contributed by atoms with E-state index in [1.54, 1.807) is 0 Å². The summed E-state index contributed by atoms with van der Waals surface area (Å²) in [5.41, 5.74) is 0. The van der Waals surface area contributed by atoms with Crippen molar-refractivity contribution in [1.82, 2.24) is 10.6 Å². The van der Waals surface area contributed by atoms with Crippen molar-refractivity contribution in [2.75, 3.05) is 13.1 Å². The van der Waals surface area contributed by atoms with E-state index in [1.165, 1.54) is 12.8 Å². The SMILES string of the molecule is CCCC(C)NC1CNC1. The van der Waals surface area contributed by atoms with Gasteiger partial charge in [0.2, 0.25) is 0 Å². The topological polar surface area (TPSA) is 24.1 Å². The molecule has 0 bridgehead atoms. The lowest BCUT2D eigenvalue weighted by Gasteiger charge is -2.31. The van der Waals surface area contributed by atoms with E-state index in [9.17, 15) is 0 Å². The van der Waals surface area contributed by atoms with E-state index in [-0.39, 0.29) is 0 Å². The quantitative estimate of drug-likeness (QED) is 0.605. The molecule has 1 unspecified atom stereocenters. The van der Waals surface area contributed by atoms with Gasteiger partial charge in [-0.2, -0.15) is 0 Å². The maximum Gasteiger partial charge on any atom is 0.0319 e. The molecule has 0 aromatic heterocycles. The van der Waals surface area contributed by atoms with Crippen LogP contribution in [0.3, 0.4) is 0 Å². The van der Waals surface area contributed by atoms with Gasteiger partial charge in [0.25, 0.3) is 0 Å². The summed E-state index contributed by atoms with van der Waals surface area (Å²) in [5.74, 6) is 0. The molecule has 2 heteroatoms. The maximum absolute atomic E-state index is 3.55. The Morgan fingerprint density at radius 2 is 2.30 bits per heavy atom. The molecule has 0 aromatic carbocycles. The van der Waals surface area contributed by atoms with Gasteiger partial charge in [-0.15, -0.1) is 0 Å². The molecule has 0 aliphatic carbocycles. The average Bonchev–Trinajstić information content (AvgIpc) is 1.80. The van der Waals surface area contributed by atoms with E-state index in [2.05, 4.69) is 24.5 Å². The van der Waals surface area contributed by atoms with E-state index in [1.807, 2.05) is 0 Å². The fourth-order valence-electron chi connectivity index (χ4n) is 1.33. The van der Waals surface area contributed by atoms with Gasteiger partial charge in [0, 0.05) is 25.2 Å². The third-order valence-electron chi connectivity index (χ3n) is 2.02. The minimum absolute atomic E-state index is 0.706. The molecule has 2 nitrogen and oxygen atoms in total. The molecule has 1 atom stereocenters. The fourth-order valence-corrected chi connectivity index (χ4v) is 1.33. The standard InChI is InChI=1S/C8H18N2/c1-3-4-7(2)10-8-5-9-6-8/h7-10H,3-6H2,1-2H3. The number of hydrogen-bond donors (Lipinski definition) is 2. The first kappa shape index (κ1) is 8.02. The first-order chi connectivity index (χ1) is 4.83. The summed E-state index contributed by atoms with van der Waals surface area (Å²) in [6, 6.07) is 1.46. The minimum Gasteiger partial charge on any atom is -0.314 e. The number of hydrogen-bond acceptors (Lipinski definition) is 2. The molecule has 1 fully saturated rings. The Kier molecular flexibility index (Phi) is 3.16. The zero-order chi connectivity index (χ0) is 7.40. The molecule has 1 heterocycles. The van der Waals surface area contributed by atoms with Crippen LogP contribution < -0.4 is 10.6 Å². The molecule has 0 spiro atoms. The van der Waals surface area contributed by atoms with E-state index in [0.717, 1.165) is 19.1 Å². The average molecular weight is 142 g/mol. The van der Waals surface area contributed by atoms with Crippen molar-refractivity contribution < 1.29 is 0 Å². The Hall–Kier alpha value is -0.0800. The van der Waals surface area contributed by atoms with Crippen LogP contribution in [0.15, 0.2) is 0 Å².